The van der Waals surface area contributed by atoms with Crippen LogP contribution in [0.5, 0.6) is 0 Å². The lowest BCUT2D eigenvalue weighted by Crippen LogP contribution is -2.68. The van der Waals surface area contributed by atoms with Gasteiger partial charge in [0.25, 0.3) is 0 Å². The van der Waals surface area contributed by atoms with Crippen molar-refractivity contribution < 1.29 is 89.3 Å². The van der Waals surface area contributed by atoms with E-state index in [0.717, 1.165) is 41.8 Å². The smallest absolute Gasteiger partial charge is 0.407 e. The number of cyclic esters (lactones) is 1. The summed E-state index contributed by atoms with van der Waals surface area (Å²) >= 11 is 0. The Hall–Kier alpha value is -3.51. The first-order valence-corrected chi connectivity index (χ1v) is 58.2. The standard InChI is InChI=1S/C92H153NO19P4Si3/c1-26-54-99-86(96)81-78-57-72(103-87-84(108-85(95)70-48-50-71(51-49-70)91(20,21)22)82(93-88(97)100-55-27-2)83(69(19)102-87)112-119(32-7,33-8)64(13)14)47-45-43-41-39-37-35-34-36-38-40-42-44-46-65(15)66(16)67(17)68(18)101-80(94)59-74-56-73(104-89(105-74)115(24)113)52-53-76(110-117(28-3,29-4)62(9)10)77-58-75(106-90(107-77)116(25)114)60-92(98-23,109-78)61-79(81)111-118(30-5,31-6)63(11)12/h26-27,34-51,62-69,72-79,81-84,87,89-90H,1-2,28-33,52-61,113-114H2,3-25H3,(H,93,97)/b35-34+,38-36+,39-37+,42-40+,43-41+,46-44+,47-45+/t65-,66+,67+,68-,69+,72-,73?,74?,75?,76+,77?,78?,79-,81-,82-,83+,84-,87-,89?,90?,92+,115?,116?/m0/s1. The first-order valence-electron chi connectivity index (χ1n) is 44.1. The van der Waals surface area contributed by atoms with E-state index in [9.17, 15) is 9.59 Å². The molecule has 119 heavy (non-hydrogen) atoms. The minimum absolute atomic E-state index is 0.0493. The molecule has 4 saturated heterocycles. The number of carbonyl (C=O) groups excluding carboxylic acids is 4. The molecule has 5 aliphatic rings. The van der Waals surface area contributed by atoms with Crippen LogP contribution < -0.4 is 5.32 Å². The van der Waals surface area contributed by atoms with Gasteiger partial charge in [-0.3, -0.25) is 9.59 Å². The number of alkyl carbamates (subject to hydrolysis) is 1. The van der Waals surface area contributed by atoms with Crippen LogP contribution in [0.1, 0.15) is 206 Å². The molecule has 1 N–H and O–H groups in total. The summed E-state index contributed by atoms with van der Waals surface area (Å²) in [5, 5.41) is 3.12. The minimum Gasteiger partial charge on any atom is -0.462 e. The zero-order valence-electron chi connectivity index (χ0n) is 76.4. The Morgan fingerprint density at radius 1 is 0.597 bits per heavy atom. The Kier molecular flexibility index (Phi) is 43.9. The van der Waals surface area contributed by atoms with E-state index in [1.165, 1.54) is 6.08 Å². The van der Waals surface area contributed by atoms with Crippen LogP contribution in [0.4, 0.5) is 4.79 Å². The maximum Gasteiger partial charge on any atom is 0.407 e. The van der Waals surface area contributed by atoms with Gasteiger partial charge in [0.05, 0.1) is 73.0 Å². The molecule has 6 bridgehead atoms. The summed E-state index contributed by atoms with van der Waals surface area (Å²) in [7, 11) is -2.15. The minimum atomic E-state index is -2.75. The van der Waals surface area contributed by atoms with Gasteiger partial charge < -0.3 is 75.4 Å². The van der Waals surface area contributed by atoms with Crippen LogP contribution in [0.2, 0.25) is 52.9 Å². The maximum absolute atomic E-state index is 15.7. The van der Waals surface area contributed by atoms with Gasteiger partial charge in [-0.2, -0.15) is 0 Å². The van der Waals surface area contributed by atoms with E-state index in [2.05, 4.69) is 186 Å². The third kappa shape index (κ3) is 30.1. The number of hydrogen-bond donors (Lipinski definition) is 1. The molecule has 6 rings (SSSR count). The average molecular weight is 1790 g/mol. The van der Waals surface area contributed by atoms with Crippen molar-refractivity contribution in [2.75, 3.05) is 33.7 Å². The molecule has 5 heterocycles. The summed E-state index contributed by atoms with van der Waals surface area (Å²) < 4.78 is 106. The molecule has 0 radical (unpaired) electrons. The van der Waals surface area contributed by atoms with Crippen molar-refractivity contribution in [3.63, 3.8) is 0 Å². The Balaban J connectivity index is 1.62. The topological polar surface area (TPSA) is 219 Å². The number of hydrogen-bond acceptors (Lipinski definition) is 19. The number of rotatable bonds is 28. The van der Waals surface area contributed by atoms with E-state index in [1.807, 2.05) is 98.9 Å². The van der Waals surface area contributed by atoms with E-state index in [0.29, 0.717) is 25.7 Å². The fourth-order valence-electron chi connectivity index (χ4n) is 17.3. The summed E-state index contributed by atoms with van der Waals surface area (Å²) in [4.78, 5) is 59.4. The van der Waals surface area contributed by atoms with Gasteiger partial charge in [-0.05, 0) is 149 Å². The molecule has 672 valence electrons. The van der Waals surface area contributed by atoms with E-state index in [4.69, 9.17) is 70.1 Å². The van der Waals surface area contributed by atoms with Gasteiger partial charge in [0.1, 0.15) is 31.3 Å². The number of allylic oxidation sites excluding steroid dienone is 13. The van der Waals surface area contributed by atoms with Crippen LogP contribution in [0.25, 0.3) is 0 Å². The normalized spacial score (nSPS) is 33.5. The summed E-state index contributed by atoms with van der Waals surface area (Å²) in [6.45, 7) is 55.0. The number of fused-ring (bicyclic) bond motifs is 6. The maximum atomic E-state index is 15.7. The van der Waals surface area contributed by atoms with Gasteiger partial charge in [-0.25, -0.2) is 9.59 Å². The van der Waals surface area contributed by atoms with E-state index in [1.54, 1.807) is 25.3 Å². The van der Waals surface area contributed by atoms with Crippen LogP contribution in [0.15, 0.2) is 135 Å². The van der Waals surface area contributed by atoms with E-state index in [-0.39, 0.29) is 102 Å². The second-order valence-electron chi connectivity index (χ2n) is 35.3. The van der Waals surface area contributed by atoms with E-state index < -0.39 is 155 Å². The summed E-state index contributed by atoms with van der Waals surface area (Å²) in [5.74, 6) is -3.62. The average Bonchev–Trinajstić information content (AvgIpc) is 0.749. The zero-order chi connectivity index (χ0) is 88.2. The van der Waals surface area contributed by atoms with Gasteiger partial charge in [-0.15, -0.1) is 17.9 Å². The molecule has 0 saturated carbocycles. The molecular weight excluding hydrogens is 1630 g/mol. The molecule has 0 aliphatic carbocycles. The second-order valence-corrected chi connectivity index (χ2v) is 58.5. The van der Waals surface area contributed by atoms with Crippen LogP contribution in [0.3, 0.4) is 0 Å². The van der Waals surface area contributed by atoms with Gasteiger partial charge in [-0.1, -0.05) is 247 Å². The van der Waals surface area contributed by atoms with Crippen LogP contribution in [-0.2, 0) is 85.1 Å². The molecule has 5 aliphatic heterocycles. The Labute approximate surface area is 726 Å². The first-order chi connectivity index (χ1) is 56.4. The molecule has 4 fully saturated rings. The molecule has 11 unspecified atom stereocenters. The Morgan fingerprint density at radius 3 is 1.62 bits per heavy atom. The third-order valence-corrected chi connectivity index (χ3v) is 44.7. The van der Waals surface area contributed by atoms with Crippen molar-refractivity contribution in [1.29, 1.82) is 0 Å². The Bertz CT molecular complexity index is 3500. The van der Waals surface area contributed by atoms with Gasteiger partial charge in [0.2, 0.25) is 0 Å². The molecule has 1 aromatic rings. The van der Waals surface area contributed by atoms with Crippen molar-refractivity contribution in [3.05, 3.63) is 146 Å². The van der Waals surface area contributed by atoms with Crippen molar-refractivity contribution in [3.8, 4) is 0 Å². The molecule has 25 atom stereocenters. The Morgan fingerprint density at radius 2 is 1.10 bits per heavy atom. The van der Waals surface area contributed by atoms with Gasteiger partial charge >= 0.3 is 24.0 Å². The lowest BCUT2D eigenvalue weighted by Gasteiger charge is -2.52. The number of esters is 3. The highest BCUT2D eigenvalue weighted by molar-refractivity contribution is 8.13. The van der Waals surface area contributed by atoms with Crippen molar-refractivity contribution in [1.82, 2.24) is 5.32 Å². The molecule has 1 amide bonds. The lowest BCUT2D eigenvalue weighted by atomic mass is 9.82. The first kappa shape index (κ1) is 104. The van der Waals surface area contributed by atoms with Crippen LogP contribution in [-0.4, -0.2) is 186 Å². The van der Waals surface area contributed by atoms with E-state index >= 15 is 9.59 Å². The highest BCUT2D eigenvalue weighted by Crippen LogP contribution is 2.54. The number of ether oxygens (including phenoxy) is 12. The molecule has 0 spiro atoms. The third-order valence-electron chi connectivity index (χ3n) is 25.7. The zero-order valence-corrected chi connectivity index (χ0v) is 83.5. The predicted molar refractivity (Wildman–Crippen MR) is 497 cm³/mol. The molecule has 20 nitrogen and oxygen atoms in total. The fraction of sp³-hybridized carbons (Fsp3) is 0.696. The number of carbonyl (C=O) groups is 4. The van der Waals surface area contributed by atoms with Crippen molar-refractivity contribution in [2.24, 2.45) is 23.7 Å². The number of methoxy groups -OCH3 is 1. The fourth-order valence-corrected chi connectivity index (χ4v) is 30.4. The van der Waals surface area contributed by atoms with Crippen LogP contribution in [0, 0.1) is 23.7 Å². The number of benzene rings is 1. The van der Waals surface area contributed by atoms with Crippen molar-refractivity contribution >= 4 is 82.0 Å². The van der Waals surface area contributed by atoms with Gasteiger partial charge in [0, 0.05) is 39.2 Å². The lowest BCUT2D eigenvalue weighted by molar-refractivity contribution is -0.325. The SMILES string of the molecule is C=CCOC(=O)N[C@@H]1[C@H](OC(=O)c2ccc(C(C)(C)C)cc2)[C@H](O[C@H]2/C=C/C=C/C=C/C=C/C=C/C=C/C=C/[C@H](C)[C@@H](C)[C@@H](C)[C@H](C)OC(=O)CC3CC(CC[C@@H](O[Si](CC)(CC)C(C)C)C4CC(C[C@]5(OC)C[C@H](O[Si](CC)(CC)C(C)C)[C@@H](C(=O)OCC=C)C(C2)O5)OC(P(C)P)O4)OC(P(C)P)O3)O[C@H](C)[C@H]1O[Si](CC)(CC)C(C)C. The van der Waals surface area contributed by atoms with Crippen LogP contribution >= 0.6 is 33.1 Å². The largest absolute Gasteiger partial charge is 0.462 e. The van der Waals surface area contributed by atoms with Crippen molar-refractivity contribution in [2.45, 2.75) is 352 Å². The number of amides is 1. The predicted octanol–water partition coefficient (Wildman–Crippen LogP) is 22.2. The molecular formula is C92H153NO19P4Si3. The highest BCUT2D eigenvalue weighted by Gasteiger charge is 2.58. The summed E-state index contributed by atoms with van der Waals surface area (Å²) in [5.41, 5.74) is 1.60. The van der Waals surface area contributed by atoms with Gasteiger partial charge in [0.15, 0.2) is 55.2 Å². The molecule has 27 heteroatoms. The quantitative estimate of drug-likeness (QED) is 0.0271. The monoisotopic (exact) mass is 1780 g/mol. The summed E-state index contributed by atoms with van der Waals surface area (Å²) in [6.07, 6.45) is 22.2. The summed E-state index contributed by atoms with van der Waals surface area (Å²) in [6, 6.07) is 9.85. The highest BCUT2D eigenvalue weighted by atomic mass is 32.0. The molecule has 0 aromatic heterocycles. The molecule has 1 aromatic carbocycles. The second kappa shape index (κ2) is 50.1. The number of nitrogens with one attached hydrogen (secondary N) is 1.